The maximum Gasteiger partial charge on any atom is 0.136 e. The molecule has 4 unspecified atom stereocenters. The van der Waals surface area contributed by atoms with Crippen LogP contribution in [0.5, 0.6) is 0 Å². The van der Waals surface area contributed by atoms with E-state index in [0.29, 0.717) is 11.7 Å². The molecule has 2 aliphatic carbocycles. The Kier molecular flexibility index (Phi) is 3.16. The zero-order valence-electron chi connectivity index (χ0n) is 11.3. The maximum absolute atomic E-state index is 12.1. The molecule has 0 amide bonds. The van der Waals surface area contributed by atoms with E-state index in [1.54, 1.807) is 0 Å². The highest BCUT2D eigenvalue weighted by atomic mass is 16.1. The van der Waals surface area contributed by atoms with Crippen molar-refractivity contribution in [3.8, 4) is 0 Å². The Morgan fingerprint density at radius 3 is 2.44 bits per heavy atom. The average Bonchev–Trinajstić information content (AvgIpc) is 2.20. The summed E-state index contributed by atoms with van der Waals surface area (Å²) in [5.74, 6) is 3.53. The molecule has 2 fully saturated rings. The van der Waals surface area contributed by atoms with Gasteiger partial charge in [0.2, 0.25) is 0 Å². The molecule has 0 heterocycles. The zero-order chi connectivity index (χ0) is 11.9. The van der Waals surface area contributed by atoms with Crippen molar-refractivity contribution < 1.29 is 4.79 Å². The smallest absolute Gasteiger partial charge is 0.136 e. The minimum Gasteiger partial charge on any atom is -0.299 e. The summed E-state index contributed by atoms with van der Waals surface area (Å²) < 4.78 is 0. The van der Waals surface area contributed by atoms with Gasteiger partial charge in [-0.2, -0.15) is 0 Å². The molecule has 1 nitrogen and oxygen atoms in total. The predicted molar refractivity (Wildman–Crippen MR) is 67.2 cm³/mol. The molecule has 2 aliphatic rings. The van der Waals surface area contributed by atoms with E-state index in [1.807, 2.05) is 6.92 Å². The second kappa shape index (κ2) is 4.16. The van der Waals surface area contributed by atoms with Gasteiger partial charge in [0, 0.05) is 5.41 Å². The van der Waals surface area contributed by atoms with Crippen molar-refractivity contribution in [1.29, 1.82) is 0 Å². The van der Waals surface area contributed by atoms with Crippen LogP contribution in [0.15, 0.2) is 0 Å². The Morgan fingerprint density at radius 2 is 1.81 bits per heavy atom. The van der Waals surface area contributed by atoms with Crippen LogP contribution in [0, 0.1) is 29.1 Å². The molecule has 0 bridgehead atoms. The lowest BCUT2D eigenvalue weighted by Gasteiger charge is -2.51. The van der Waals surface area contributed by atoms with E-state index in [2.05, 4.69) is 20.8 Å². The summed E-state index contributed by atoms with van der Waals surface area (Å²) in [6.45, 7) is 8.90. The Balaban J connectivity index is 2.25. The summed E-state index contributed by atoms with van der Waals surface area (Å²) in [5, 5.41) is 0. The van der Waals surface area contributed by atoms with E-state index in [-0.39, 0.29) is 5.41 Å². The second-order valence-corrected chi connectivity index (χ2v) is 6.68. The van der Waals surface area contributed by atoms with Crippen molar-refractivity contribution in [3.63, 3.8) is 0 Å². The standard InChI is InChI=1S/C15H26O/c1-10-5-6-15(13(4)16)9-12(3)11(2)8-14(15)7-10/h10-12,14H,5-9H2,1-4H3/t10-,11?,12?,14?,15?/m1/s1. The van der Waals surface area contributed by atoms with Crippen molar-refractivity contribution in [2.75, 3.05) is 0 Å². The number of rotatable bonds is 1. The summed E-state index contributed by atoms with van der Waals surface area (Å²) in [5.41, 5.74) is 0.0679. The SMILES string of the molecule is CC(=O)C12CC[C@@H](C)CC1CC(C)C(C)C2. The summed E-state index contributed by atoms with van der Waals surface area (Å²) in [4.78, 5) is 12.1. The molecule has 16 heavy (non-hydrogen) atoms. The monoisotopic (exact) mass is 222 g/mol. The Bertz CT molecular complexity index is 283. The predicted octanol–water partition coefficient (Wildman–Crippen LogP) is 4.06. The zero-order valence-corrected chi connectivity index (χ0v) is 11.3. The number of carbonyl (C=O) groups is 1. The van der Waals surface area contributed by atoms with Gasteiger partial charge in [0.1, 0.15) is 5.78 Å². The highest BCUT2D eigenvalue weighted by molar-refractivity contribution is 5.83. The fraction of sp³-hybridized carbons (Fsp3) is 0.933. The summed E-state index contributed by atoms with van der Waals surface area (Å²) in [7, 11) is 0. The van der Waals surface area contributed by atoms with Gasteiger partial charge < -0.3 is 0 Å². The fourth-order valence-electron chi connectivity index (χ4n) is 4.19. The lowest BCUT2D eigenvalue weighted by molar-refractivity contribution is -0.139. The first-order valence-electron chi connectivity index (χ1n) is 6.96. The minimum absolute atomic E-state index is 0.0679. The topological polar surface area (TPSA) is 17.1 Å². The van der Waals surface area contributed by atoms with E-state index in [0.717, 1.165) is 30.6 Å². The molecule has 0 aromatic rings. The summed E-state index contributed by atoms with van der Waals surface area (Å²) >= 11 is 0. The van der Waals surface area contributed by atoms with Crippen molar-refractivity contribution >= 4 is 5.78 Å². The Hall–Kier alpha value is -0.330. The lowest BCUT2D eigenvalue weighted by Crippen LogP contribution is -2.47. The third-order valence-electron chi connectivity index (χ3n) is 5.57. The molecule has 0 aliphatic heterocycles. The van der Waals surface area contributed by atoms with E-state index >= 15 is 0 Å². The third kappa shape index (κ3) is 1.83. The van der Waals surface area contributed by atoms with Gasteiger partial charge in [-0.25, -0.2) is 0 Å². The molecule has 2 rings (SSSR count). The quantitative estimate of drug-likeness (QED) is 0.654. The summed E-state index contributed by atoms with van der Waals surface area (Å²) in [6.07, 6.45) is 6.14. The average molecular weight is 222 g/mol. The highest BCUT2D eigenvalue weighted by Crippen LogP contribution is 2.55. The van der Waals surface area contributed by atoms with Gasteiger partial charge in [-0.15, -0.1) is 0 Å². The molecule has 92 valence electrons. The first-order valence-corrected chi connectivity index (χ1v) is 6.96. The Labute approximate surface area is 100.0 Å². The normalized spacial score (nSPS) is 48.5. The van der Waals surface area contributed by atoms with Crippen molar-refractivity contribution in [2.45, 2.75) is 59.8 Å². The minimum atomic E-state index is 0.0679. The molecule has 0 saturated heterocycles. The largest absolute Gasteiger partial charge is 0.299 e. The number of hydrogen-bond acceptors (Lipinski definition) is 1. The Morgan fingerprint density at radius 1 is 1.12 bits per heavy atom. The highest BCUT2D eigenvalue weighted by Gasteiger charge is 2.50. The van der Waals surface area contributed by atoms with Gasteiger partial charge in [-0.1, -0.05) is 20.8 Å². The van der Waals surface area contributed by atoms with Crippen LogP contribution in [0.3, 0.4) is 0 Å². The first kappa shape index (κ1) is 12.1. The molecular weight excluding hydrogens is 196 g/mol. The van der Waals surface area contributed by atoms with Crippen LogP contribution >= 0.6 is 0 Å². The lowest BCUT2D eigenvalue weighted by atomic mass is 9.52. The third-order valence-corrected chi connectivity index (χ3v) is 5.57. The molecule has 1 heteroatoms. The van der Waals surface area contributed by atoms with E-state index in [1.165, 1.54) is 19.3 Å². The van der Waals surface area contributed by atoms with Gasteiger partial charge in [-0.05, 0) is 62.7 Å². The fourth-order valence-corrected chi connectivity index (χ4v) is 4.19. The molecular formula is C15H26O. The molecule has 0 N–H and O–H groups in total. The van der Waals surface area contributed by atoms with Crippen LogP contribution in [0.1, 0.15) is 59.8 Å². The number of fused-ring (bicyclic) bond motifs is 1. The van der Waals surface area contributed by atoms with Crippen LogP contribution in [-0.2, 0) is 4.79 Å². The van der Waals surface area contributed by atoms with Crippen LogP contribution in [-0.4, -0.2) is 5.78 Å². The number of hydrogen-bond donors (Lipinski definition) is 0. The van der Waals surface area contributed by atoms with Gasteiger partial charge >= 0.3 is 0 Å². The van der Waals surface area contributed by atoms with Crippen LogP contribution in [0.4, 0.5) is 0 Å². The molecule has 2 saturated carbocycles. The van der Waals surface area contributed by atoms with Crippen molar-refractivity contribution in [1.82, 2.24) is 0 Å². The van der Waals surface area contributed by atoms with Crippen LogP contribution in [0.2, 0.25) is 0 Å². The number of ketones is 1. The molecule has 5 atom stereocenters. The second-order valence-electron chi connectivity index (χ2n) is 6.68. The van der Waals surface area contributed by atoms with Gasteiger partial charge in [0.05, 0.1) is 0 Å². The molecule has 0 radical (unpaired) electrons. The molecule has 0 aromatic heterocycles. The van der Waals surface area contributed by atoms with Crippen molar-refractivity contribution in [3.05, 3.63) is 0 Å². The van der Waals surface area contributed by atoms with E-state index in [9.17, 15) is 4.79 Å². The first-order chi connectivity index (χ1) is 7.45. The van der Waals surface area contributed by atoms with E-state index in [4.69, 9.17) is 0 Å². The maximum atomic E-state index is 12.1. The van der Waals surface area contributed by atoms with Crippen LogP contribution in [0.25, 0.3) is 0 Å². The number of carbonyl (C=O) groups excluding carboxylic acids is 1. The molecule has 0 spiro atoms. The number of Topliss-reactive ketones (excluding diaryl/α,β-unsaturated/α-hetero) is 1. The van der Waals surface area contributed by atoms with E-state index < -0.39 is 0 Å². The van der Waals surface area contributed by atoms with Crippen LogP contribution < -0.4 is 0 Å². The van der Waals surface area contributed by atoms with Gasteiger partial charge in [0.25, 0.3) is 0 Å². The van der Waals surface area contributed by atoms with Gasteiger partial charge in [0.15, 0.2) is 0 Å². The summed E-state index contributed by atoms with van der Waals surface area (Å²) in [6, 6.07) is 0. The molecule has 0 aromatic carbocycles. The van der Waals surface area contributed by atoms with Crippen molar-refractivity contribution in [2.24, 2.45) is 29.1 Å². The van der Waals surface area contributed by atoms with Gasteiger partial charge in [-0.3, -0.25) is 4.79 Å².